The van der Waals surface area contributed by atoms with Crippen molar-refractivity contribution in [1.29, 1.82) is 0 Å². The molecule has 0 aromatic carbocycles. The Morgan fingerprint density at radius 1 is 0.159 bits per heavy atom. The van der Waals surface area contributed by atoms with Crippen LogP contribution in [0.1, 0.15) is 0 Å². The predicted octanol–water partition coefficient (Wildman–Crippen LogP) is -13.5. The Labute approximate surface area is 534 Å². The van der Waals surface area contributed by atoms with Gasteiger partial charge in [0.15, 0.2) is 0 Å². The molecule has 63 heavy (non-hydrogen) atoms. The third kappa shape index (κ3) is 56.7. The van der Waals surface area contributed by atoms with Gasteiger partial charge in [0.05, 0.1) is 159 Å². The smallest absolute Gasteiger partial charge is 0.373 e. The van der Waals surface area contributed by atoms with Crippen molar-refractivity contribution in [3.05, 3.63) is 0 Å². The fourth-order valence-corrected chi connectivity index (χ4v) is 6.03. The van der Waals surface area contributed by atoms with Gasteiger partial charge in [-0.3, -0.25) is 0 Å². The molecule has 20 radical (unpaired) electrons. The number of hydrogen-bond donors (Lipinski definition) is 8. The van der Waals surface area contributed by atoms with E-state index in [0.29, 0.717) is 79.3 Å². The second kappa shape index (κ2) is 69.6. The van der Waals surface area contributed by atoms with Crippen molar-refractivity contribution in [3.63, 3.8) is 0 Å². The van der Waals surface area contributed by atoms with E-state index in [1.54, 1.807) is 0 Å². The van der Waals surface area contributed by atoms with Crippen LogP contribution in [0.5, 0.6) is 0 Å². The minimum atomic E-state index is 0. The Hall–Kier alpha value is 5.52. The molecular formula is C36H88Ge5N8O12Rb2+6. The molecule has 6 aliphatic heterocycles. The standard InChI is InChI=1S/2C18H36N2O6.5Ge.4H3N.2Rb/c2*1-7-21-13-14-24-10-4-20-5-11-25-17-15-22-8-2-19(1)3-9-23-16-18-26-12-6-20;;;;;;;;;;;/h2*1-18H2;;;;;;4*1H3;;/q;;;;;;;;;;;2*+1/p+4. The summed E-state index contributed by atoms with van der Waals surface area (Å²) in [7, 11) is 0. The summed E-state index contributed by atoms with van der Waals surface area (Å²) < 4.78 is 68.7. The number of hydrogen-bond acceptors (Lipinski definition) is 16. The van der Waals surface area contributed by atoms with Crippen LogP contribution in [0, 0.1) is 0 Å². The zero-order valence-corrected chi connectivity index (χ0v) is 60.0. The van der Waals surface area contributed by atoms with E-state index in [4.69, 9.17) is 56.8 Å². The number of quaternary nitrogens is 4. The molecule has 4 bridgehead atoms. The van der Waals surface area contributed by atoms with E-state index in [-0.39, 0.29) is 229 Å². The molecule has 27 heteroatoms. The van der Waals surface area contributed by atoms with Gasteiger partial charge in [0.2, 0.25) is 0 Å². The van der Waals surface area contributed by atoms with E-state index in [2.05, 4.69) is 0 Å². The van der Waals surface area contributed by atoms with Crippen LogP contribution in [-0.2, 0) is 56.8 Å². The average Bonchev–Trinajstić information content (AvgIpc) is 3.15. The minimum Gasteiger partial charge on any atom is -0.373 e. The molecule has 6 aliphatic rings. The predicted molar refractivity (Wildman–Crippen MR) is 241 cm³/mol. The molecule has 20 nitrogen and oxygen atoms in total. The van der Waals surface area contributed by atoms with Gasteiger partial charge in [-0.25, -0.2) is 0 Å². The minimum absolute atomic E-state index is 0. The first-order valence-corrected chi connectivity index (χ1v) is 20.2. The second-order valence-corrected chi connectivity index (χ2v) is 13.3. The molecule has 0 unspecified atom stereocenters. The van der Waals surface area contributed by atoms with Gasteiger partial charge in [0.25, 0.3) is 0 Å². The van der Waals surface area contributed by atoms with Crippen LogP contribution >= 0.6 is 0 Å². The maximum Gasteiger partial charge on any atom is 1.00 e. The molecule has 0 saturated carbocycles. The Morgan fingerprint density at radius 2 is 0.238 bits per heavy atom. The van der Waals surface area contributed by atoms with Crippen molar-refractivity contribution in [1.82, 2.24) is 24.6 Å². The van der Waals surface area contributed by atoms with Gasteiger partial charge >= 0.3 is 116 Å². The molecule has 0 aliphatic carbocycles. The van der Waals surface area contributed by atoms with Gasteiger partial charge in [-0.05, 0) is 0 Å². The second-order valence-electron chi connectivity index (χ2n) is 13.3. The molecule has 0 aromatic rings. The van der Waals surface area contributed by atoms with Crippen LogP contribution in [0.15, 0.2) is 0 Å². The molecule has 6 fully saturated rings. The van der Waals surface area contributed by atoms with Crippen LogP contribution in [0.2, 0.25) is 0 Å². The van der Waals surface area contributed by atoms with Crippen molar-refractivity contribution in [2.24, 2.45) is 0 Å². The van der Waals surface area contributed by atoms with E-state index >= 15 is 0 Å². The molecule has 0 aromatic heterocycles. The monoisotopic (exact) mass is 1360 g/mol. The summed E-state index contributed by atoms with van der Waals surface area (Å²) in [5, 5.41) is 0. The zero-order chi connectivity index (χ0) is 36.3. The maximum absolute atomic E-state index is 5.73. The fourth-order valence-electron chi connectivity index (χ4n) is 6.03. The first-order valence-electron chi connectivity index (χ1n) is 20.2. The van der Waals surface area contributed by atoms with Crippen molar-refractivity contribution in [2.45, 2.75) is 0 Å². The summed E-state index contributed by atoms with van der Waals surface area (Å²) in [5.41, 5.74) is 0. The van der Waals surface area contributed by atoms with E-state index in [9.17, 15) is 0 Å². The first-order chi connectivity index (χ1) is 25.9. The fraction of sp³-hybridized carbons (Fsp3) is 1.00. The summed E-state index contributed by atoms with van der Waals surface area (Å²) in [6, 6.07) is 0. The van der Waals surface area contributed by atoms with Crippen LogP contribution in [-0.4, -0.2) is 325 Å². The third-order valence-corrected chi connectivity index (χ3v) is 9.43. The Morgan fingerprint density at radius 3 is 0.317 bits per heavy atom. The van der Waals surface area contributed by atoms with Crippen LogP contribution < -0.4 is 161 Å². The normalized spacial score (nSPS) is 25.1. The van der Waals surface area contributed by atoms with Gasteiger partial charge in [-0.15, -0.1) is 0 Å². The number of rotatable bonds is 0. The quantitative estimate of drug-likeness (QED) is 0.105. The number of fused-ring (bicyclic) bond motifs is 42. The topological polar surface area (TPSA) is 269 Å². The van der Waals surface area contributed by atoms with Gasteiger partial charge in [0, 0.05) is 88.0 Å². The van der Waals surface area contributed by atoms with Crippen LogP contribution in [0.25, 0.3) is 0 Å². The van der Waals surface area contributed by atoms with Crippen molar-refractivity contribution in [3.8, 4) is 0 Å². The molecular weight excluding hydrogens is 1270 g/mol. The molecule has 0 amide bonds. The molecule has 6 saturated heterocycles. The summed E-state index contributed by atoms with van der Waals surface area (Å²) in [4.78, 5) is 5.76. The van der Waals surface area contributed by atoms with Gasteiger partial charge in [-0.1, -0.05) is 0 Å². The molecule has 0 spiro atoms. The average molecular weight is 1360 g/mol. The Balaban J connectivity index is -0.000000113. The van der Waals surface area contributed by atoms with Gasteiger partial charge < -0.3 is 101 Å². The third-order valence-electron chi connectivity index (χ3n) is 9.43. The molecule has 6 rings (SSSR count). The Bertz CT molecular complexity index is 604. The van der Waals surface area contributed by atoms with Crippen molar-refractivity contribution < 1.29 is 193 Å². The number of nitrogens with one attached hydrogen (secondary N) is 4. The van der Waals surface area contributed by atoms with Crippen molar-refractivity contribution in [2.75, 3.05) is 237 Å². The van der Waals surface area contributed by atoms with Crippen LogP contribution in [0.3, 0.4) is 0 Å². The van der Waals surface area contributed by atoms with Crippen LogP contribution in [0.4, 0.5) is 0 Å². The van der Waals surface area contributed by atoms with E-state index in [1.807, 2.05) is 0 Å². The SMILES string of the molecule is C1COCC[NH+]2CCOCCOCC[NH+](CCO1)CCOCCOCC2.C1COCC[NH+]2CCOCCOCC[NH+](CCO1)CCOCCOCC2.N.N.N.N.[Ge].[Ge].[Ge].[Ge].[Ge].[Rb+].[Rb+]. The summed E-state index contributed by atoms with van der Waals surface area (Å²) >= 11 is 0. The summed E-state index contributed by atoms with van der Waals surface area (Å²) in [5.74, 6) is 0. The molecule has 16 N–H and O–H groups in total. The maximum atomic E-state index is 5.73. The van der Waals surface area contributed by atoms with Crippen molar-refractivity contribution >= 4 is 88.0 Å². The summed E-state index contributed by atoms with van der Waals surface area (Å²) in [6.07, 6.45) is 0. The largest absolute Gasteiger partial charge is 1.00 e. The van der Waals surface area contributed by atoms with Gasteiger partial charge in [0.1, 0.15) is 78.5 Å². The number of ether oxygens (including phenoxy) is 12. The van der Waals surface area contributed by atoms with E-state index in [1.165, 1.54) is 19.6 Å². The first kappa shape index (κ1) is 88.2. The van der Waals surface area contributed by atoms with E-state index < -0.39 is 0 Å². The molecule has 0 atom stereocenters. The van der Waals surface area contributed by atoms with E-state index in [0.717, 1.165) is 158 Å². The molecule has 6 heterocycles. The Kier molecular flexibility index (Phi) is 97.4. The molecule has 360 valence electrons. The zero-order valence-electron chi connectivity index (χ0n) is 39.7. The summed E-state index contributed by atoms with van der Waals surface area (Å²) in [6.45, 7) is 28.2. The van der Waals surface area contributed by atoms with Gasteiger partial charge in [-0.2, -0.15) is 0 Å².